The Bertz CT molecular complexity index is 1280. The summed E-state index contributed by atoms with van der Waals surface area (Å²) in [4.78, 5) is 33.3. The summed E-state index contributed by atoms with van der Waals surface area (Å²) in [5, 5.41) is 9.40. The first kappa shape index (κ1) is 26.0. The standard InChI is InChI=1S/C28H31ClN4O2S/c1-16(2)14-30-24(34)13-22-15-36-28-31-19(5)25(26(33(22)28)20-7-9-21(29)10-8-20)27(35)32-23-11-6-17(3)12-18(23)4/h6-12,15-16,26H,13-14H2,1-5H3,(H,30,34)(H,32,35). The quantitative estimate of drug-likeness (QED) is 0.445. The van der Waals surface area contributed by atoms with Gasteiger partial charge < -0.3 is 15.5 Å². The van der Waals surface area contributed by atoms with Crippen molar-refractivity contribution in [2.75, 3.05) is 11.9 Å². The molecule has 8 heteroatoms. The lowest BCUT2D eigenvalue weighted by Crippen LogP contribution is -2.39. The maximum Gasteiger partial charge on any atom is 0.255 e. The first-order chi connectivity index (χ1) is 17.1. The highest BCUT2D eigenvalue weighted by atomic mass is 35.5. The lowest BCUT2D eigenvalue weighted by molar-refractivity contribution is -0.120. The average molecular weight is 523 g/mol. The Kier molecular flexibility index (Phi) is 7.91. The van der Waals surface area contributed by atoms with Gasteiger partial charge in [-0.3, -0.25) is 9.59 Å². The molecule has 2 heterocycles. The van der Waals surface area contributed by atoms with E-state index in [-0.39, 0.29) is 18.2 Å². The summed E-state index contributed by atoms with van der Waals surface area (Å²) in [7, 11) is 0. The number of thioether (sulfide) groups is 1. The van der Waals surface area contributed by atoms with Crippen LogP contribution in [0.1, 0.15) is 49.9 Å². The van der Waals surface area contributed by atoms with Gasteiger partial charge in [0.1, 0.15) is 0 Å². The Labute approximate surface area is 221 Å². The molecule has 36 heavy (non-hydrogen) atoms. The molecule has 0 saturated heterocycles. The van der Waals surface area contributed by atoms with Gasteiger partial charge in [-0.25, -0.2) is 4.99 Å². The van der Waals surface area contributed by atoms with Gasteiger partial charge in [-0.05, 0) is 61.4 Å². The number of allylic oxidation sites excluding steroid dienone is 1. The van der Waals surface area contributed by atoms with E-state index in [2.05, 4.69) is 24.5 Å². The van der Waals surface area contributed by atoms with Crippen LogP contribution in [0.5, 0.6) is 0 Å². The first-order valence-electron chi connectivity index (χ1n) is 12.0. The molecule has 2 amide bonds. The van der Waals surface area contributed by atoms with Crippen molar-refractivity contribution in [3.63, 3.8) is 0 Å². The van der Waals surface area contributed by atoms with E-state index >= 15 is 0 Å². The molecule has 1 atom stereocenters. The lowest BCUT2D eigenvalue weighted by Gasteiger charge is -2.36. The number of anilines is 1. The van der Waals surface area contributed by atoms with Gasteiger partial charge in [0.15, 0.2) is 5.17 Å². The van der Waals surface area contributed by atoms with Crippen LogP contribution < -0.4 is 10.6 Å². The molecule has 2 aliphatic rings. The zero-order valence-corrected chi connectivity index (χ0v) is 22.8. The van der Waals surface area contributed by atoms with Crippen LogP contribution in [0.15, 0.2) is 69.8 Å². The second kappa shape index (κ2) is 10.9. The van der Waals surface area contributed by atoms with Crippen molar-refractivity contribution in [1.82, 2.24) is 10.2 Å². The van der Waals surface area contributed by atoms with Gasteiger partial charge >= 0.3 is 0 Å². The highest BCUT2D eigenvalue weighted by Gasteiger charge is 2.40. The fourth-order valence-corrected chi connectivity index (χ4v) is 5.40. The number of hydrogen-bond donors (Lipinski definition) is 2. The minimum atomic E-state index is -0.445. The molecule has 2 aliphatic heterocycles. The summed E-state index contributed by atoms with van der Waals surface area (Å²) in [5.41, 5.74) is 5.77. The Morgan fingerprint density at radius 1 is 1.11 bits per heavy atom. The van der Waals surface area contributed by atoms with E-state index < -0.39 is 6.04 Å². The number of aryl methyl sites for hydroxylation is 2. The smallest absolute Gasteiger partial charge is 0.255 e. The van der Waals surface area contributed by atoms with Crippen molar-refractivity contribution in [2.45, 2.75) is 47.1 Å². The van der Waals surface area contributed by atoms with Gasteiger partial charge in [-0.1, -0.05) is 67.0 Å². The predicted molar refractivity (Wildman–Crippen MR) is 149 cm³/mol. The summed E-state index contributed by atoms with van der Waals surface area (Å²) in [6.45, 7) is 10.6. The number of benzene rings is 2. The van der Waals surface area contributed by atoms with Crippen molar-refractivity contribution in [3.8, 4) is 0 Å². The summed E-state index contributed by atoms with van der Waals surface area (Å²) < 4.78 is 0. The summed E-state index contributed by atoms with van der Waals surface area (Å²) in [5.74, 6) is 0.0860. The lowest BCUT2D eigenvalue weighted by atomic mass is 9.93. The molecule has 2 aromatic carbocycles. The number of fused-ring (bicyclic) bond motifs is 1. The number of nitrogens with one attached hydrogen (secondary N) is 2. The monoisotopic (exact) mass is 522 g/mol. The van der Waals surface area contributed by atoms with E-state index in [4.69, 9.17) is 16.6 Å². The van der Waals surface area contributed by atoms with Crippen molar-refractivity contribution in [3.05, 3.63) is 86.6 Å². The molecular formula is C28H31ClN4O2S. The maximum absolute atomic E-state index is 13.8. The van der Waals surface area contributed by atoms with E-state index in [9.17, 15) is 9.59 Å². The number of amidine groups is 1. The minimum absolute atomic E-state index is 0.0563. The topological polar surface area (TPSA) is 73.8 Å². The van der Waals surface area contributed by atoms with Crippen molar-refractivity contribution in [1.29, 1.82) is 0 Å². The van der Waals surface area contributed by atoms with Crippen LogP contribution in [0.25, 0.3) is 0 Å². The molecule has 4 rings (SSSR count). The Balaban J connectivity index is 1.70. The third-order valence-corrected chi connectivity index (χ3v) is 7.25. The third kappa shape index (κ3) is 5.68. The molecular weight excluding hydrogens is 492 g/mol. The van der Waals surface area contributed by atoms with Crippen LogP contribution in [0.3, 0.4) is 0 Å². The van der Waals surface area contributed by atoms with E-state index in [1.807, 2.05) is 73.5 Å². The number of halogens is 1. The summed E-state index contributed by atoms with van der Waals surface area (Å²) in [6.07, 6.45) is 0.202. The molecule has 0 spiro atoms. The van der Waals surface area contributed by atoms with Gasteiger partial charge in [-0.15, -0.1) is 0 Å². The Morgan fingerprint density at radius 2 is 1.83 bits per heavy atom. The molecule has 0 saturated carbocycles. The van der Waals surface area contributed by atoms with Gasteiger partial charge in [0.05, 0.1) is 23.7 Å². The molecule has 0 fully saturated rings. The van der Waals surface area contributed by atoms with Crippen LogP contribution >= 0.6 is 23.4 Å². The molecule has 0 bridgehead atoms. The largest absolute Gasteiger partial charge is 0.356 e. The number of amides is 2. The molecule has 0 radical (unpaired) electrons. The summed E-state index contributed by atoms with van der Waals surface area (Å²) in [6, 6.07) is 13.0. The van der Waals surface area contributed by atoms with Gasteiger partial charge in [0, 0.05) is 23.0 Å². The van der Waals surface area contributed by atoms with E-state index in [0.717, 1.165) is 33.2 Å². The van der Waals surface area contributed by atoms with Crippen LogP contribution in [0.2, 0.25) is 5.02 Å². The number of nitrogens with zero attached hydrogens (tertiary/aromatic N) is 2. The second-order valence-corrected chi connectivity index (χ2v) is 10.9. The van der Waals surface area contributed by atoms with Crippen molar-refractivity contribution >= 4 is 46.0 Å². The SMILES string of the molecule is CC1=C(C(=O)Nc2ccc(C)cc2C)C(c2ccc(Cl)cc2)N2C(CC(=O)NCC(C)C)=CSC2=N1. The molecule has 0 aliphatic carbocycles. The average Bonchev–Trinajstić information content (AvgIpc) is 3.21. The maximum atomic E-state index is 13.8. The highest BCUT2D eigenvalue weighted by Crippen LogP contribution is 2.45. The molecule has 1 unspecified atom stereocenters. The van der Waals surface area contributed by atoms with E-state index in [1.54, 1.807) is 0 Å². The normalized spacial score (nSPS) is 17.1. The van der Waals surface area contributed by atoms with Crippen LogP contribution in [0, 0.1) is 19.8 Å². The van der Waals surface area contributed by atoms with E-state index in [0.29, 0.717) is 28.8 Å². The summed E-state index contributed by atoms with van der Waals surface area (Å²) >= 11 is 7.66. The third-order valence-electron chi connectivity index (χ3n) is 6.11. The number of carbonyl (C=O) groups excluding carboxylic acids is 2. The fraction of sp³-hybridized carbons (Fsp3) is 0.321. The van der Waals surface area contributed by atoms with Gasteiger partial charge in [0.2, 0.25) is 5.91 Å². The first-order valence-corrected chi connectivity index (χ1v) is 13.2. The van der Waals surface area contributed by atoms with Crippen molar-refractivity contribution < 1.29 is 9.59 Å². The molecule has 2 aromatic rings. The van der Waals surface area contributed by atoms with E-state index in [1.165, 1.54) is 11.8 Å². The van der Waals surface area contributed by atoms with Crippen LogP contribution in [-0.4, -0.2) is 28.4 Å². The van der Waals surface area contributed by atoms with Gasteiger partial charge in [0.25, 0.3) is 5.91 Å². The highest BCUT2D eigenvalue weighted by molar-refractivity contribution is 8.16. The van der Waals surface area contributed by atoms with Crippen molar-refractivity contribution in [2.24, 2.45) is 10.9 Å². The van der Waals surface area contributed by atoms with Crippen LogP contribution in [-0.2, 0) is 9.59 Å². The zero-order chi connectivity index (χ0) is 26.0. The number of aliphatic imine (C=N–C) groups is 1. The fourth-order valence-electron chi connectivity index (χ4n) is 4.31. The predicted octanol–water partition coefficient (Wildman–Crippen LogP) is 6.33. The minimum Gasteiger partial charge on any atom is -0.356 e. The van der Waals surface area contributed by atoms with Crippen LogP contribution in [0.4, 0.5) is 5.69 Å². The number of hydrogen-bond acceptors (Lipinski definition) is 5. The number of carbonyl (C=O) groups is 2. The number of rotatable bonds is 7. The second-order valence-electron chi connectivity index (χ2n) is 9.59. The Hall–Kier alpha value is -3.03. The zero-order valence-electron chi connectivity index (χ0n) is 21.2. The molecule has 6 nitrogen and oxygen atoms in total. The molecule has 2 N–H and O–H groups in total. The van der Waals surface area contributed by atoms with Gasteiger partial charge in [-0.2, -0.15) is 0 Å². The Morgan fingerprint density at radius 3 is 2.50 bits per heavy atom. The molecule has 188 valence electrons. The molecule has 0 aromatic heterocycles.